The van der Waals surface area contributed by atoms with Crippen LogP contribution in [-0.4, -0.2) is 32.2 Å². The lowest BCUT2D eigenvalue weighted by Crippen LogP contribution is -2.50. The van der Waals surface area contributed by atoms with Gasteiger partial charge in [0.1, 0.15) is 0 Å². The van der Waals surface area contributed by atoms with Crippen molar-refractivity contribution in [1.82, 2.24) is 4.90 Å². The molecule has 2 aromatic carbocycles. The van der Waals surface area contributed by atoms with E-state index in [0.29, 0.717) is 5.92 Å². The van der Waals surface area contributed by atoms with Crippen LogP contribution in [0.25, 0.3) is 0 Å². The van der Waals surface area contributed by atoms with E-state index >= 15 is 0 Å². The second kappa shape index (κ2) is 8.62. The molecule has 0 amide bonds. The minimum atomic E-state index is 0.134. The minimum Gasteiger partial charge on any atom is -0.381 e. The summed E-state index contributed by atoms with van der Waals surface area (Å²) in [6, 6.07) is 22.5. The van der Waals surface area contributed by atoms with Gasteiger partial charge < -0.3 is 4.74 Å². The van der Waals surface area contributed by atoms with E-state index in [1.807, 2.05) is 0 Å². The molecule has 1 radical (unpaired) electrons. The lowest BCUT2D eigenvalue weighted by atomic mass is 9.55. The van der Waals surface area contributed by atoms with Crippen molar-refractivity contribution in [3.05, 3.63) is 77.7 Å². The fourth-order valence-electron chi connectivity index (χ4n) is 6.02. The van der Waals surface area contributed by atoms with Crippen molar-refractivity contribution in [2.24, 2.45) is 5.92 Å². The Hall–Kier alpha value is -1.64. The fraction of sp³-hybridized carbons (Fsp3) is 0.519. The normalized spacial score (nSPS) is 28.7. The Morgan fingerprint density at radius 3 is 1.83 bits per heavy atom. The zero-order valence-electron chi connectivity index (χ0n) is 18.4. The molecule has 29 heavy (non-hydrogen) atoms. The van der Waals surface area contributed by atoms with E-state index in [9.17, 15) is 0 Å². The molecule has 0 atom stereocenters. The first-order valence-electron chi connectivity index (χ1n) is 11.3. The number of ether oxygens (including phenoxy) is 1. The maximum Gasteiger partial charge on any atom is 0.0468 e. The van der Waals surface area contributed by atoms with Gasteiger partial charge in [0, 0.05) is 24.2 Å². The van der Waals surface area contributed by atoms with Crippen LogP contribution in [0.15, 0.2) is 60.7 Å². The van der Waals surface area contributed by atoms with Gasteiger partial charge in [-0.15, -0.1) is 0 Å². The van der Waals surface area contributed by atoms with E-state index in [1.165, 1.54) is 49.7 Å². The fourth-order valence-corrected chi connectivity index (χ4v) is 6.02. The van der Waals surface area contributed by atoms with Gasteiger partial charge in [-0.25, -0.2) is 0 Å². The van der Waals surface area contributed by atoms with E-state index in [-0.39, 0.29) is 11.0 Å². The third-order valence-electron chi connectivity index (χ3n) is 8.01. The molecule has 1 aliphatic heterocycles. The molecule has 0 bridgehead atoms. The van der Waals surface area contributed by atoms with Crippen molar-refractivity contribution in [2.75, 3.05) is 27.3 Å². The van der Waals surface area contributed by atoms with Gasteiger partial charge in [0.25, 0.3) is 0 Å². The molecule has 2 nitrogen and oxygen atoms in total. The number of hydrogen-bond donors (Lipinski definition) is 0. The molecule has 1 saturated carbocycles. The molecular weight excluding hydrogens is 354 g/mol. The maximum atomic E-state index is 5.68. The molecule has 0 unspecified atom stereocenters. The third kappa shape index (κ3) is 3.78. The zero-order chi connectivity index (χ0) is 20.3. The van der Waals surface area contributed by atoms with Gasteiger partial charge >= 0.3 is 0 Å². The van der Waals surface area contributed by atoms with Gasteiger partial charge in [0.2, 0.25) is 0 Å². The Morgan fingerprint density at radius 2 is 1.31 bits per heavy atom. The van der Waals surface area contributed by atoms with Crippen molar-refractivity contribution >= 4 is 0 Å². The highest BCUT2D eigenvalue weighted by Crippen LogP contribution is 2.55. The van der Waals surface area contributed by atoms with Crippen LogP contribution in [0.1, 0.15) is 56.6 Å². The maximum absolute atomic E-state index is 5.68. The summed E-state index contributed by atoms with van der Waals surface area (Å²) in [5, 5.41) is 0. The first-order valence-corrected chi connectivity index (χ1v) is 11.3. The van der Waals surface area contributed by atoms with E-state index in [0.717, 1.165) is 13.2 Å². The summed E-state index contributed by atoms with van der Waals surface area (Å²) in [5.41, 5.74) is 3.31. The van der Waals surface area contributed by atoms with Crippen LogP contribution >= 0.6 is 0 Å². The average Bonchev–Trinajstić information content (AvgIpc) is 2.80. The van der Waals surface area contributed by atoms with Gasteiger partial charge in [-0.2, -0.15) is 0 Å². The number of nitrogens with zero attached hydrogens (tertiary/aromatic N) is 1. The summed E-state index contributed by atoms with van der Waals surface area (Å²) in [5.74, 6) is 2.39. The van der Waals surface area contributed by atoms with Gasteiger partial charge in [-0.1, -0.05) is 67.6 Å². The number of benzene rings is 2. The molecule has 0 aromatic heterocycles. The molecule has 1 aliphatic carbocycles. The van der Waals surface area contributed by atoms with Crippen LogP contribution in [0.4, 0.5) is 0 Å². The molecule has 2 fully saturated rings. The van der Waals surface area contributed by atoms with Gasteiger partial charge in [-0.05, 0) is 75.6 Å². The standard InChI is InChI=1S/C27H36NO/c1-22(23-14-20-29-21-15-23)26(24-10-6-4-7-11-24)16-18-27(19-17-26,28(2)3)25-12-8-5-9-13-25/h4-13,23H,14-21H2,1-3H3. The van der Waals surface area contributed by atoms with E-state index < -0.39 is 0 Å². The zero-order valence-corrected chi connectivity index (χ0v) is 18.4. The molecule has 0 N–H and O–H groups in total. The Kier molecular flexibility index (Phi) is 6.13. The lowest BCUT2D eigenvalue weighted by molar-refractivity contribution is 0.0420. The quantitative estimate of drug-likeness (QED) is 0.623. The van der Waals surface area contributed by atoms with Gasteiger partial charge in [-0.3, -0.25) is 4.90 Å². The highest BCUT2D eigenvalue weighted by molar-refractivity contribution is 5.37. The molecule has 4 rings (SSSR count). The van der Waals surface area contributed by atoms with Crippen molar-refractivity contribution in [1.29, 1.82) is 0 Å². The summed E-state index contributed by atoms with van der Waals surface area (Å²) in [7, 11) is 4.52. The predicted molar refractivity (Wildman–Crippen MR) is 121 cm³/mol. The molecular formula is C27H36NO. The Balaban J connectivity index is 1.67. The number of rotatable bonds is 5. The summed E-state index contributed by atoms with van der Waals surface area (Å²) in [6.07, 6.45) is 7.18. The van der Waals surface area contributed by atoms with E-state index in [4.69, 9.17) is 4.74 Å². The summed E-state index contributed by atoms with van der Waals surface area (Å²) >= 11 is 0. The molecule has 0 spiro atoms. The van der Waals surface area contributed by atoms with E-state index in [2.05, 4.69) is 86.6 Å². The first kappa shape index (κ1) is 20.6. The smallest absolute Gasteiger partial charge is 0.0468 e. The predicted octanol–water partition coefficient (Wildman–Crippen LogP) is 5.98. The van der Waals surface area contributed by atoms with Gasteiger partial charge in [0.15, 0.2) is 0 Å². The van der Waals surface area contributed by atoms with Crippen LogP contribution in [0, 0.1) is 11.8 Å². The molecule has 2 aromatic rings. The number of hydrogen-bond acceptors (Lipinski definition) is 2. The summed E-state index contributed by atoms with van der Waals surface area (Å²) < 4.78 is 5.68. The van der Waals surface area contributed by atoms with Crippen molar-refractivity contribution in [2.45, 2.75) is 56.4 Å². The second-order valence-electron chi connectivity index (χ2n) is 9.31. The second-order valence-corrected chi connectivity index (χ2v) is 9.31. The first-order chi connectivity index (χ1) is 14.1. The Labute approximate surface area is 177 Å². The largest absolute Gasteiger partial charge is 0.381 e. The van der Waals surface area contributed by atoms with Crippen molar-refractivity contribution in [3.63, 3.8) is 0 Å². The van der Waals surface area contributed by atoms with Crippen LogP contribution in [0.2, 0.25) is 0 Å². The average molecular weight is 391 g/mol. The molecule has 2 aliphatic rings. The van der Waals surface area contributed by atoms with Crippen molar-refractivity contribution in [3.8, 4) is 0 Å². The molecule has 2 heteroatoms. The van der Waals surface area contributed by atoms with E-state index in [1.54, 1.807) is 5.92 Å². The minimum absolute atomic E-state index is 0.134. The third-order valence-corrected chi connectivity index (χ3v) is 8.01. The lowest BCUT2D eigenvalue weighted by Gasteiger charge is -2.54. The SMILES string of the molecule is C[C](C1CCOCC1)C1(c2ccccc2)CCC(c2ccccc2)(N(C)C)CC1. The highest BCUT2D eigenvalue weighted by Gasteiger charge is 2.49. The van der Waals surface area contributed by atoms with Crippen LogP contribution in [0.5, 0.6) is 0 Å². The van der Waals surface area contributed by atoms with Crippen LogP contribution in [-0.2, 0) is 15.7 Å². The van der Waals surface area contributed by atoms with Crippen LogP contribution < -0.4 is 0 Å². The Bertz CT molecular complexity index is 756. The summed E-state index contributed by atoms with van der Waals surface area (Å²) in [4.78, 5) is 2.47. The molecule has 155 valence electrons. The molecule has 1 saturated heterocycles. The van der Waals surface area contributed by atoms with Crippen LogP contribution in [0.3, 0.4) is 0 Å². The Morgan fingerprint density at radius 1 is 0.793 bits per heavy atom. The van der Waals surface area contributed by atoms with Gasteiger partial charge in [0.05, 0.1) is 0 Å². The highest BCUT2D eigenvalue weighted by atomic mass is 16.5. The topological polar surface area (TPSA) is 12.5 Å². The summed E-state index contributed by atoms with van der Waals surface area (Å²) in [6.45, 7) is 4.28. The molecule has 1 heterocycles. The van der Waals surface area contributed by atoms with Crippen molar-refractivity contribution < 1.29 is 4.74 Å². The monoisotopic (exact) mass is 390 g/mol.